The van der Waals surface area contributed by atoms with Gasteiger partial charge in [0.1, 0.15) is 0 Å². The third-order valence-electron chi connectivity index (χ3n) is 5.90. The Hall–Kier alpha value is -0.710. The third-order valence-corrected chi connectivity index (χ3v) is 6.43. The van der Waals surface area contributed by atoms with Crippen molar-refractivity contribution in [1.82, 2.24) is 9.80 Å². The summed E-state index contributed by atoms with van der Waals surface area (Å²) in [6, 6.07) is 0. The minimum Gasteiger partial charge on any atom is -0.342 e. The maximum atomic E-state index is 12.2. The van der Waals surface area contributed by atoms with Gasteiger partial charge >= 0.3 is 0 Å². The van der Waals surface area contributed by atoms with Crippen LogP contribution in [0.5, 0.6) is 0 Å². The van der Waals surface area contributed by atoms with Crippen LogP contribution in [0.4, 0.5) is 0 Å². The van der Waals surface area contributed by atoms with Gasteiger partial charge in [0.25, 0.3) is 0 Å². The van der Waals surface area contributed by atoms with Crippen molar-refractivity contribution in [1.29, 1.82) is 0 Å². The summed E-state index contributed by atoms with van der Waals surface area (Å²) >= 11 is 1.60. The molecule has 1 saturated carbocycles. The molecule has 0 atom stereocenters. The number of hydrogen-bond acceptors (Lipinski definition) is 3. The van der Waals surface area contributed by atoms with Crippen molar-refractivity contribution in [3.63, 3.8) is 0 Å². The molecule has 1 aliphatic carbocycles. The van der Waals surface area contributed by atoms with Gasteiger partial charge in [-0.25, -0.2) is 0 Å². The Bertz CT molecular complexity index is 428. The summed E-state index contributed by atoms with van der Waals surface area (Å²) in [7, 11) is 0. The van der Waals surface area contributed by atoms with Crippen molar-refractivity contribution in [3.8, 4) is 0 Å². The van der Waals surface area contributed by atoms with E-state index in [-0.39, 0.29) is 11.3 Å². The monoisotopic (exact) mass is 324 g/mol. The van der Waals surface area contributed by atoms with E-state index in [1.165, 1.54) is 19.3 Å². The molecular weight excluding hydrogens is 296 g/mol. The number of rotatable bonds is 4. The number of piperidine rings is 2. The zero-order valence-corrected chi connectivity index (χ0v) is 14.5. The van der Waals surface area contributed by atoms with E-state index in [1.807, 2.05) is 11.2 Å². The van der Waals surface area contributed by atoms with E-state index in [4.69, 9.17) is 0 Å². The molecule has 2 aliphatic heterocycles. The number of likely N-dealkylation sites (tertiary alicyclic amines) is 2. The third kappa shape index (κ3) is 3.44. The Kier molecular flexibility index (Phi) is 5.00. The summed E-state index contributed by atoms with van der Waals surface area (Å²) in [5, 5.41) is 0. The first-order chi connectivity index (χ1) is 10.6. The summed E-state index contributed by atoms with van der Waals surface area (Å²) < 4.78 is 0. The van der Waals surface area contributed by atoms with Gasteiger partial charge in [0.15, 0.2) is 0 Å². The zero-order chi connectivity index (χ0) is 15.6. The molecule has 2 heterocycles. The first-order valence-corrected chi connectivity index (χ1v) is 10.1. The van der Waals surface area contributed by atoms with Crippen molar-refractivity contribution >= 4 is 23.6 Å². The average Bonchev–Trinajstić information content (AvgIpc) is 2.47. The average molecular weight is 324 g/mol. The molecule has 2 saturated heterocycles. The van der Waals surface area contributed by atoms with Crippen LogP contribution in [0, 0.1) is 11.3 Å². The predicted octanol–water partition coefficient (Wildman–Crippen LogP) is 2.38. The Morgan fingerprint density at radius 2 is 2.00 bits per heavy atom. The van der Waals surface area contributed by atoms with Crippen molar-refractivity contribution in [2.45, 2.75) is 44.9 Å². The van der Waals surface area contributed by atoms with Crippen LogP contribution in [0.25, 0.3) is 0 Å². The molecule has 0 aromatic carbocycles. The molecule has 22 heavy (non-hydrogen) atoms. The zero-order valence-electron chi connectivity index (χ0n) is 13.7. The molecule has 0 aromatic rings. The van der Waals surface area contributed by atoms with E-state index < -0.39 is 0 Å². The lowest BCUT2D eigenvalue weighted by molar-refractivity contribution is -0.142. The smallest absolute Gasteiger partial charge is 0.232 e. The molecule has 124 valence electrons. The highest BCUT2D eigenvalue weighted by Gasteiger charge is 2.42. The summed E-state index contributed by atoms with van der Waals surface area (Å²) in [4.78, 5) is 28.4. The molecule has 5 heteroatoms. The van der Waals surface area contributed by atoms with Crippen LogP contribution in [0.1, 0.15) is 44.9 Å². The molecule has 3 rings (SSSR count). The van der Waals surface area contributed by atoms with Gasteiger partial charge in [0.2, 0.25) is 11.8 Å². The van der Waals surface area contributed by atoms with E-state index in [0.29, 0.717) is 18.1 Å². The summed E-state index contributed by atoms with van der Waals surface area (Å²) in [5.41, 5.74) is 0.286. The van der Waals surface area contributed by atoms with E-state index >= 15 is 0 Å². The van der Waals surface area contributed by atoms with Crippen LogP contribution in [-0.4, -0.2) is 59.8 Å². The predicted molar refractivity (Wildman–Crippen MR) is 89.8 cm³/mol. The number of carbonyl (C=O) groups excluding carboxylic acids is 2. The Balaban J connectivity index is 1.55. The maximum absolute atomic E-state index is 12.2. The fourth-order valence-electron chi connectivity index (χ4n) is 4.11. The molecule has 2 amide bonds. The van der Waals surface area contributed by atoms with Crippen molar-refractivity contribution < 1.29 is 9.59 Å². The van der Waals surface area contributed by atoms with Gasteiger partial charge < -0.3 is 9.80 Å². The van der Waals surface area contributed by atoms with Gasteiger partial charge in [-0.3, -0.25) is 9.59 Å². The topological polar surface area (TPSA) is 40.6 Å². The van der Waals surface area contributed by atoms with Crippen LogP contribution in [0.15, 0.2) is 0 Å². The Morgan fingerprint density at radius 3 is 2.59 bits per heavy atom. The number of hydrogen-bond donors (Lipinski definition) is 0. The highest BCUT2D eigenvalue weighted by atomic mass is 32.2. The molecule has 3 fully saturated rings. The first-order valence-electron chi connectivity index (χ1n) is 8.66. The highest BCUT2D eigenvalue weighted by Crippen LogP contribution is 2.41. The van der Waals surface area contributed by atoms with E-state index in [2.05, 4.69) is 4.90 Å². The largest absolute Gasteiger partial charge is 0.342 e. The van der Waals surface area contributed by atoms with Crippen molar-refractivity contribution in [3.05, 3.63) is 0 Å². The standard InChI is InChI=1S/C17H28N2O2S/c1-22-12-16(21)18-9-7-17(8-10-18)6-5-15(20)19(13-17)11-14-3-2-4-14/h14H,2-13H2,1H3. The van der Waals surface area contributed by atoms with Crippen molar-refractivity contribution in [2.24, 2.45) is 11.3 Å². The Morgan fingerprint density at radius 1 is 1.27 bits per heavy atom. The fourth-order valence-corrected chi connectivity index (χ4v) is 4.54. The second-order valence-electron chi connectivity index (χ2n) is 7.38. The molecule has 4 nitrogen and oxygen atoms in total. The number of nitrogens with zero attached hydrogens (tertiary/aromatic N) is 2. The molecule has 0 unspecified atom stereocenters. The molecule has 1 spiro atoms. The van der Waals surface area contributed by atoms with Gasteiger partial charge in [-0.05, 0) is 49.7 Å². The van der Waals surface area contributed by atoms with Crippen LogP contribution in [0.2, 0.25) is 0 Å². The van der Waals surface area contributed by atoms with E-state index in [1.54, 1.807) is 11.8 Å². The Labute approximate surface area is 138 Å². The lowest BCUT2D eigenvalue weighted by Crippen LogP contribution is -2.53. The molecule has 0 N–H and O–H groups in total. The summed E-state index contributed by atoms with van der Waals surface area (Å²) in [6.45, 7) is 3.68. The quantitative estimate of drug-likeness (QED) is 0.797. The molecule has 3 aliphatic rings. The lowest BCUT2D eigenvalue weighted by Gasteiger charge is -2.48. The highest BCUT2D eigenvalue weighted by molar-refractivity contribution is 7.99. The summed E-state index contributed by atoms with van der Waals surface area (Å²) in [6.07, 6.45) is 9.80. The van der Waals surface area contributed by atoms with E-state index in [9.17, 15) is 9.59 Å². The van der Waals surface area contributed by atoms with Crippen LogP contribution < -0.4 is 0 Å². The SMILES string of the molecule is CSCC(=O)N1CCC2(CCC(=O)N(CC3CCC3)C2)CC1. The molecule has 0 aromatic heterocycles. The maximum Gasteiger partial charge on any atom is 0.232 e. The second kappa shape index (κ2) is 6.81. The van der Waals surface area contributed by atoms with Crippen LogP contribution >= 0.6 is 11.8 Å². The van der Waals surface area contributed by atoms with Crippen LogP contribution in [-0.2, 0) is 9.59 Å². The first kappa shape index (κ1) is 16.2. The van der Waals surface area contributed by atoms with Gasteiger partial charge in [-0.2, -0.15) is 11.8 Å². The molecular formula is C17H28N2O2S. The minimum absolute atomic E-state index is 0.278. The number of carbonyl (C=O) groups is 2. The normalized spacial score (nSPS) is 25.4. The van der Waals surface area contributed by atoms with Gasteiger partial charge in [0, 0.05) is 32.6 Å². The van der Waals surface area contributed by atoms with Gasteiger partial charge in [-0.1, -0.05) is 6.42 Å². The van der Waals surface area contributed by atoms with Crippen molar-refractivity contribution in [2.75, 3.05) is 38.2 Å². The van der Waals surface area contributed by atoms with Gasteiger partial charge in [-0.15, -0.1) is 0 Å². The van der Waals surface area contributed by atoms with E-state index in [0.717, 1.165) is 51.4 Å². The lowest BCUT2D eigenvalue weighted by atomic mass is 9.71. The fraction of sp³-hybridized carbons (Fsp3) is 0.882. The number of thioether (sulfide) groups is 1. The number of amides is 2. The minimum atomic E-state index is 0.278. The molecule has 0 radical (unpaired) electrons. The van der Waals surface area contributed by atoms with Gasteiger partial charge in [0.05, 0.1) is 5.75 Å². The summed E-state index contributed by atoms with van der Waals surface area (Å²) in [5.74, 6) is 1.99. The molecule has 0 bridgehead atoms. The second-order valence-corrected chi connectivity index (χ2v) is 8.25. The van der Waals surface area contributed by atoms with Crippen LogP contribution in [0.3, 0.4) is 0 Å².